The van der Waals surface area contributed by atoms with Crippen LogP contribution in [-0.2, 0) is 0 Å². The van der Waals surface area contributed by atoms with Crippen molar-refractivity contribution in [2.24, 2.45) is 5.92 Å². The summed E-state index contributed by atoms with van der Waals surface area (Å²) in [5.41, 5.74) is 1.07. The quantitative estimate of drug-likeness (QED) is 0.912. The average Bonchev–Trinajstić information content (AvgIpc) is 2.91. The maximum atomic E-state index is 4.46. The molecule has 1 aliphatic carbocycles. The van der Waals surface area contributed by atoms with Gasteiger partial charge in [-0.2, -0.15) is 5.10 Å². The Hall–Kier alpha value is -1.58. The standard InChI is InChI=1S/C15H22N4/c1-2-3-12-4-6-13(7-5-12)18-15-14-8-9-17-19(14)11-10-16-15/h8-13H,2-7H2,1H3,(H,16,18). The lowest BCUT2D eigenvalue weighted by Gasteiger charge is -2.29. The summed E-state index contributed by atoms with van der Waals surface area (Å²) in [6.07, 6.45) is 13.5. The van der Waals surface area contributed by atoms with E-state index in [4.69, 9.17) is 0 Å². The second-order valence-electron chi connectivity index (χ2n) is 5.59. The van der Waals surface area contributed by atoms with Gasteiger partial charge in [0.2, 0.25) is 0 Å². The van der Waals surface area contributed by atoms with Crippen molar-refractivity contribution < 1.29 is 0 Å². The zero-order valence-corrected chi connectivity index (χ0v) is 11.5. The topological polar surface area (TPSA) is 42.2 Å². The van der Waals surface area contributed by atoms with Gasteiger partial charge in [0.25, 0.3) is 0 Å². The van der Waals surface area contributed by atoms with Crippen molar-refractivity contribution in [3.05, 3.63) is 24.7 Å². The van der Waals surface area contributed by atoms with Crippen LogP contribution in [0, 0.1) is 5.92 Å². The summed E-state index contributed by atoms with van der Waals surface area (Å²) in [6.45, 7) is 2.29. The lowest BCUT2D eigenvalue weighted by Crippen LogP contribution is -2.26. The van der Waals surface area contributed by atoms with Crippen molar-refractivity contribution in [2.45, 2.75) is 51.5 Å². The first kappa shape index (κ1) is 12.5. The highest BCUT2D eigenvalue weighted by molar-refractivity contribution is 5.67. The fourth-order valence-corrected chi connectivity index (χ4v) is 3.17. The molecule has 0 radical (unpaired) electrons. The van der Waals surface area contributed by atoms with Crippen LogP contribution in [0.3, 0.4) is 0 Å². The third kappa shape index (κ3) is 2.72. The molecular formula is C15H22N4. The summed E-state index contributed by atoms with van der Waals surface area (Å²) in [5.74, 6) is 1.92. The van der Waals surface area contributed by atoms with Crippen LogP contribution in [0.5, 0.6) is 0 Å². The maximum Gasteiger partial charge on any atom is 0.152 e. The predicted octanol–water partition coefficient (Wildman–Crippen LogP) is 3.50. The van der Waals surface area contributed by atoms with Crippen molar-refractivity contribution in [3.63, 3.8) is 0 Å². The van der Waals surface area contributed by atoms with Gasteiger partial charge in [-0.1, -0.05) is 19.8 Å². The third-order valence-electron chi connectivity index (χ3n) is 4.21. The first-order chi connectivity index (χ1) is 9.36. The van der Waals surface area contributed by atoms with Gasteiger partial charge in [0.1, 0.15) is 5.52 Å². The Labute approximate surface area is 114 Å². The van der Waals surface area contributed by atoms with Gasteiger partial charge in [-0.3, -0.25) is 0 Å². The molecule has 2 aromatic heterocycles. The van der Waals surface area contributed by atoms with Crippen LogP contribution in [-0.4, -0.2) is 20.6 Å². The maximum absolute atomic E-state index is 4.46. The molecule has 0 saturated heterocycles. The SMILES string of the molecule is CCCC1CCC(Nc2nccn3nccc23)CC1. The van der Waals surface area contributed by atoms with Crippen molar-refractivity contribution >= 4 is 11.3 Å². The molecule has 0 aromatic carbocycles. The Morgan fingerprint density at radius 3 is 2.89 bits per heavy atom. The van der Waals surface area contributed by atoms with Gasteiger partial charge >= 0.3 is 0 Å². The van der Waals surface area contributed by atoms with Crippen LogP contribution in [0.25, 0.3) is 5.52 Å². The summed E-state index contributed by atoms with van der Waals surface area (Å²) < 4.78 is 1.87. The van der Waals surface area contributed by atoms with Gasteiger partial charge in [0.15, 0.2) is 5.82 Å². The molecule has 4 heteroatoms. The molecule has 0 spiro atoms. The van der Waals surface area contributed by atoms with Crippen LogP contribution < -0.4 is 5.32 Å². The molecular weight excluding hydrogens is 236 g/mol. The monoisotopic (exact) mass is 258 g/mol. The predicted molar refractivity (Wildman–Crippen MR) is 77.3 cm³/mol. The Kier molecular flexibility index (Phi) is 3.67. The first-order valence-electron chi connectivity index (χ1n) is 7.41. The summed E-state index contributed by atoms with van der Waals surface area (Å²) in [6, 6.07) is 2.58. The molecule has 0 atom stereocenters. The third-order valence-corrected chi connectivity index (χ3v) is 4.21. The number of nitrogens with one attached hydrogen (secondary N) is 1. The summed E-state index contributed by atoms with van der Waals surface area (Å²) in [4.78, 5) is 4.46. The lowest BCUT2D eigenvalue weighted by atomic mass is 9.83. The minimum Gasteiger partial charge on any atom is -0.366 e. The Morgan fingerprint density at radius 2 is 2.11 bits per heavy atom. The molecule has 1 saturated carbocycles. The number of hydrogen-bond acceptors (Lipinski definition) is 3. The van der Waals surface area contributed by atoms with Crippen LogP contribution in [0.4, 0.5) is 5.82 Å². The van der Waals surface area contributed by atoms with Gasteiger partial charge in [0, 0.05) is 18.4 Å². The molecule has 102 valence electrons. The molecule has 2 heterocycles. The molecule has 1 N–H and O–H groups in total. The Balaban J connectivity index is 1.65. The fourth-order valence-electron chi connectivity index (χ4n) is 3.17. The zero-order valence-electron chi connectivity index (χ0n) is 11.5. The van der Waals surface area contributed by atoms with E-state index in [0.29, 0.717) is 6.04 Å². The minimum absolute atomic E-state index is 0.571. The molecule has 3 rings (SSSR count). The number of rotatable bonds is 4. The van der Waals surface area contributed by atoms with E-state index in [9.17, 15) is 0 Å². The molecule has 4 nitrogen and oxygen atoms in total. The summed E-state index contributed by atoms with van der Waals surface area (Å²) in [7, 11) is 0. The van der Waals surface area contributed by atoms with Crippen molar-refractivity contribution in [2.75, 3.05) is 5.32 Å². The van der Waals surface area contributed by atoms with Gasteiger partial charge in [0.05, 0.1) is 6.20 Å². The largest absolute Gasteiger partial charge is 0.366 e. The van der Waals surface area contributed by atoms with Crippen LogP contribution >= 0.6 is 0 Å². The van der Waals surface area contributed by atoms with Gasteiger partial charge in [-0.05, 0) is 37.7 Å². The molecule has 0 unspecified atom stereocenters. The molecule has 0 amide bonds. The van der Waals surface area contributed by atoms with Crippen molar-refractivity contribution in [1.29, 1.82) is 0 Å². The van der Waals surface area contributed by atoms with Crippen molar-refractivity contribution in [3.8, 4) is 0 Å². The minimum atomic E-state index is 0.571. The normalized spacial score (nSPS) is 23.6. The molecule has 0 bridgehead atoms. The highest BCUT2D eigenvalue weighted by Gasteiger charge is 2.21. The van der Waals surface area contributed by atoms with Gasteiger partial charge < -0.3 is 5.32 Å². The van der Waals surface area contributed by atoms with Gasteiger partial charge in [-0.25, -0.2) is 9.50 Å². The highest BCUT2D eigenvalue weighted by Crippen LogP contribution is 2.29. The molecule has 1 fully saturated rings. The second-order valence-corrected chi connectivity index (χ2v) is 5.59. The van der Waals surface area contributed by atoms with Crippen LogP contribution in [0.1, 0.15) is 45.4 Å². The number of hydrogen-bond donors (Lipinski definition) is 1. The average molecular weight is 258 g/mol. The van der Waals surface area contributed by atoms with E-state index >= 15 is 0 Å². The number of nitrogens with zero attached hydrogens (tertiary/aromatic N) is 3. The van der Waals surface area contributed by atoms with Crippen LogP contribution in [0.15, 0.2) is 24.7 Å². The van der Waals surface area contributed by atoms with E-state index in [-0.39, 0.29) is 0 Å². The first-order valence-corrected chi connectivity index (χ1v) is 7.41. The fraction of sp³-hybridized carbons (Fsp3) is 0.600. The number of fused-ring (bicyclic) bond motifs is 1. The van der Waals surface area contributed by atoms with E-state index in [1.807, 2.05) is 29.2 Å². The number of anilines is 1. The lowest BCUT2D eigenvalue weighted by molar-refractivity contribution is 0.318. The van der Waals surface area contributed by atoms with E-state index in [1.54, 1.807) is 0 Å². The molecule has 1 aliphatic rings. The van der Waals surface area contributed by atoms with Crippen LogP contribution in [0.2, 0.25) is 0 Å². The van der Waals surface area contributed by atoms with E-state index in [2.05, 4.69) is 22.3 Å². The summed E-state index contributed by atoms with van der Waals surface area (Å²) in [5, 5.41) is 7.85. The second kappa shape index (κ2) is 5.59. The smallest absolute Gasteiger partial charge is 0.152 e. The van der Waals surface area contributed by atoms with Gasteiger partial charge in [-0.15, -0.1) is 0 Å². The van der Waals surface area contributed by atoms with E-state index in [1.165, 1.54) is 38.5 Å². The van der Waals surface area contributed by atoms with Crippen molar-refractivity contribution in [1.82, 2.24) is 14.6 Å². The zero-order chi connectivity index (χ0) is 13.1. The highest BCUT2D eigenvalue weighted by atomic mass is 15.2. The molecule has 19 heavy (non-hydrogen) atoms. The van der Waals surface area contributed by atoms with E-state index in [0.717, 1.165) is 17.3 Å². The molecule has 0 aliphatic heterocycles. The van der Waals surface area contributed by atoms with E-state index < -0.39 is 0 Å². The summed E-state index contributed by atoms with van der Waals surface area (Å²) >= 11 is 0. The molecule has 2 aromatic rings. The Bertz CT molecular complexity index is 526. The number of aromatic nitrogens is 3. The Morgan fingerprint density at radius 1 is 1.26 bits per heavy atom.